The fraction of sp³-hybridized carbons (Fsp3) is 0.500. The van der Waals surface area contributed by atoms with Crippen LogP contribution in [0.25, 0.3) is 0 Å². The third-order valence-corrected chi connectivity index (χ3v) is 2.63. The molecule has 1 saturated heterocycles. The molecule has 2 heterocycles. The van der Waals surface area contributed by atoms with Gasteiger partial charge in [0.15, 0.2) is 0 Å². The number of rotatable bonds is 2. The summed E-state index contributed by atoms with van der Waals surface area (Å²) in [7, 11) is 0. The third-order valence-electron chi connectivity index (χ3n) is 2.63. The quantitative estimate of drug-likeness (QED) is 0.591. The molecule has 0 aromatic carbocycles. The fourth-order valence-corrected chi connectivity index (χ4v) is 1.90. The first kappa shape index (κ1) is 10.8. The summed E-state index contributed by atoms with van der Waals surface area (Å²) in [5, 5.41) is 14.2. The molecule has 1 aliphatic heterocycles. The van der Waals surface area contributed by atoms with Crippen molar-refractivity contribution in [3.63, 3.8) is 0 Å². The van der Waals surface area contributed by atoms with E-state index in [-0.39, 0.29) is 10.6 Å². The van der Waals surface area contributed by atoms with Gasteiger partial charge in [-0.3, -0.25) is 10.1 Å². The number of nitrogens with one attached hydrogen (secondary N) is 1. The first-order valence-electron chi connectivity index (χ1n) is 5.26. The lowest BCUT2D eigenvalue weighted by atomic mass is 10.2. The molecule has 0 saturated carbocycles. The largest absolute Gasteiger partial charge is 0.348 e. The van der Waals surface area contributed by atoms with Crippen molar-refractivity contribution in [1.29, 1.82) is 0 Å². The van der Waals surface area contributed by atoms with Gasteiger partial charge in [-0.05, 0) is 13.0 Å². The van der Waals surface area contributed by atoms with Crippen LogP contribution in [0.2, 0.25) is 0 Å². The summed E-state index contributed by atoms with van der Waals surface area (Å²) in [5.74, 6) is 0.473. The first-order valence-corrected chi connectivity index (χ1v) is 5.26. The molecule has 2 rings (SSSR count). The van der Waals surface area contributed by atoms with Crippen molar-refractivity contribution in [3.05, 3.63) is 28.4 Å². The second-order valence-electron chi connectivity index (χ2n) is 3.90. The number of aromatic nitrogens is 1. The van der Waals surface area contributed by atoms with Crippen molar-refractivity contribution in [1.82, 2.24) is 10.3 Å². The van der Waals surface area contributed by atoms with E-state index in [1.807, 2.05) is 4.90 Å². The average Bonchev–Trinajstić information content (AvgIpc) is 2.29. The Hall–Kier alpha value is -1.69. The summed E-state index contributed by atoms with van der Waals surface area (Å²) in [4.78, 5) is 16.6. The lowest BCUT2D eigenvalue weighted by Crippen LogP contribution is -2.49. The van der Waals surface area contributed by atoms with E-state index in [0.29, 0.717) is 11.9 Å². The van der Waals surface area contributed by atoms with Crippen LogP contribution in [0, 0.1) is 10.1 Å². The maximum atomic E-state index is 10.9. The Morgan fingerprint density at radius 1 is 1.69 bits per heavy atom. The SMILES string of the molecule is C[C@@H]1CN(c2ncccc2[N+](=O)[O-])CCN1. The van der Waals surface area contributed by atoms with Crippen molar-refractivity contribution in [2.45, 2.75) is 13.0 Å². The maximum Gasteiger partial charge on any atom is 0.311 e. The highest BCUT2D eigenvalue weighted by Gasteiger charge is 2.24. The van der Waals surface area contributed by atoms with E-state index in [9.17, 15) is 10.1 Å². The van der Waals surface area contributed by atoms with Crippen molar-refractivity contribution in [3.8, 4) is 0 Å². The Morgan fingerprint density at radius 2 is 2.50 bits per heavy atom. The first-order chi connectivity index (χ1) is 7.68. The normalized spacial score (nSPS) is 20.8. The van der Waals surface area contributed by atoms with Gasteiger partial charge < -0.3 is 10.2 Å². The number of hydrogen-bond donors (Lipinski definition) is 1. The van der Waals surface area contributed by atoms with Crippen molar-refractivity contribution < 1.29 is 4.92 Å². The highest BCUT2D eigenvalue weighted by molar-refractivity contribution is 5.57. The van der Waals surface area contributed by atoms with Gasteiger partial charge in [-0.15, -0.1) is 0 Å². The van der Waals surface area contributed by atoms with Crippen LogP contribution in [0.15, 0.2) is 18.3 Å². The highest BCUT2D eigenvalue weighted by atomic mass is 16.6. The molecule has 1 fully saturated rings. The monoisotopic (exact) mass is 222 g/mol. The molecular weight excluding hydrogens is 208 g/mol. The molecule has 0 bridgehead atoms. The predicted molar refractivity (Wildman–Crippen MR) is 60.6 cm³/mol. The van der Waals surface area contributed by atoms with Crippen LogP contribution < -0.4 is 10.2 Å². The maximum absolute atomic E-state index is 10.9. The van der Waals surface area contributed by atoms with E-state index in [2.05, 4.69) is 17.2 Å². The summed E-state index contributed by atoms with van der Waals surface area (Å²) in [5.41, 5.74) is 0.0802. The minimum atomic E-state index is -0.380. The number of nitrogens with zero attached hydrogens (tertiary/aromatic N) is 3. The van der Waals surface area contributed by atoms with Gasteiger partial charge in [0, 0.05) is 37.9 Å². The number of pyridine rings is 1. The van der Waals surface area contributed by atoms with Gasteiger partial charge in [-0.25, -0.2) is 4.98 Å². The van der Waals surface area contributed by atoms with E-state index in [1.54, 1.807) is 12.3 Å². The summed E-state index contributed by atoms with van der Waals surface area (Å²) >= 11 is 0. The molecule has 0 radical (unpaired) electrons. The van der Waals surface area contributed by atoms with Crippen LogP contribution in [0.3, 0.4) is 0 Å². The van der Waals surface area contributed by atoms with E-state index in [4.69, 9.17) is 0 Å². The molecule has 86 valence electrons. The van der Waals surface area contributed by atoms with Crippen molar-refractivity contribution >= 4 is 11.5 Å². The molecule has 0 unspecified atom stereocenters. The highest BCUT2D eigenvalue weighted by Crippen LogP contribution is 2.25. The minimum Gasteiger partial charge on any atom is -0.348 e. The third kappa shape index (κ3) is 2.11. The van der Waals surface area contributed by atoms with E-state index < -0.39 is 0 Å². The Labute approximate surface area is 93.4 Å². The fourth-order valence-electron chi connectivity index (χ4n) is 1.90. The Kier molecular flexibility index (Phi) is 3.00. The van der Waals surface area contributed by atoms with Crippen molar-refractivity contribution in [2.75, 3.05) is 24.5 Å². The van der Waals surface area contributed by atoms with Gasteiger partial charge in [0.05, 0.1) is 4.92 Å². The number of anilines is 1. The molecular formula is C10H14N4O2. The summed E-state index contributed by atoms with van der Waals surface area (Å²) in [6.07, 6.45) is 1.59. The van der Waals surface area contributed by atoms with Crippen LogP contribution in [0.1, 0.15) is 6.92 Å². The molecule has 6 heteroatoms. The molecule has 1 aromatic heterocycles. The van der Waals surface area contributed by atoms with Gasteiger partial charge in [0.1, 0.15) is 0 Å². The lowest BCUT2D eigenvalue weighted by molar-refractivity contribution is -0.384. The Bertz CT molecular complexity index is 396. The average molecular weight is 222 g/mol. The molecule has 0 amide bonds. The molecule has 1 atom stereocenters. The lowest BCUT2D eigenvalue weighted by Gasteiger charge is -2.32. The van der Waals surface area contributed by atoms with Crippen molar-refractivity contribution in [2.24, 2.45) is 0 Å². The van der Waals surface area contributed by atoms with E-state index in [1.165, 1.54) is 6.07 Å². The molecule has 1 aromatic rings. The molecule has 0 spiro atoms. The van der Waals surface area contributed by atoms with Crippen LogP contribution in [-0.4, -0.2) is 35.6 Å². The van der Waals surface area contributed by atoms with Gasteiger partial charge in [-0.1, -0.05) is 0 Å². The topological polar surface area (TPSA) is 71.3 Å². The molecule has 1 aliphatic rings. The molecule has 1 N–H and O–H groups in total. The summed E-state index contributed by atoms with van der Waals surface area (Å²) < 4.78 is 0. The zero-order chi connectivity index (χ0) is 11.5. The van der Waals surface area contributed by atoms with Gasteiger partial charge in [0.2, 0.25) is 5.82 Å². The Balaban J connectivity index is 2.28. The molecule has 16 heavy (non-hydrogen) atoms. The zero-order valence-electron chi connectivity index (χ0n) is 9.09. The van der Waals surface area contributed by atoms with Crippen LogP contribution in [0.5, 0.6) is 0 Å². The van der Waals surface area contributed by atoms with Crippen LogP contribution >= 0.6 is 0 Å². The number of piperazine rings is 1. The van der Waals surface area contributed by atoms with Crippen LogP contribution in [-0.2, 0) is 0 Å². The van der Waals surface area contributed by atoms with E-state index in [0.717, 1.165) is 19.6 Å². The smallest absolute Gasteiger partial charge is 0.311 e. The molecule has 0 aliphatic carbocycles. The van der Waals surface area contributed by atoms with Crippen LogP contribution in [0.4, 0.5) is 11.5 Å². The van der Waals surface area contributed by atoms with Gasteiger partial charge in [-0.2, -0.15) is 0 Å². The van der Waals surface area contributed by atoms with Gasteiger partial charge >= 0.3 is 5.69 Å². The standard InChI is InChI=1S/C10H14N4O2/c1-8-7-13(6-5-11-8)10-9(14(15)16)3-2-4-12-10/h2-4,8,11H,5-7H2,1H3/t8-/m1/s1. The molecule has 6 nitrogen and oxygen atoms in total. The number of hydrogen-bond acceptors (Lipinski definition) is 5. The van der Waals surface area contributed by atoms with Gasteiger partial charge in [0.25, 0.3) is 0 Å². The predicted octanol–water partition coefficient (Wildman–Crippen LogP) is 0.788. The number of nitro groups is 1. The Morgan fingerprint density at radius 3 is 3.19 bits per heavy atom. The minimum absolute atomic E-state index is 0.0802. The second kappa shape index (κ2) is 4.44. The second-order valence-corrected chi connectivity index (χ2v) is 3.90. The summed E-state index contributed by atoms with van der Waals surface area (Å²) in [6, 6.07) is 3.41. The van der Waals surface area contributed by atoms with E-state index >= 15 is 0 Å². The summed E-state index contributed by atoms with van der Waals surface area (Å²) in [6.45, 7) is 4.38. The zero-order valence-corrected chi connectivity index (χ0v) is 9.09.